The molecule has 4 nitrogen and oxygen atoms in total. The van der Waals surface area contributed by atoms with E-state index in [1.165, 1.54) is 0 Å². The van der Waals surface area contributed by atoms with Gasteiger partial charge in [-0.15, -0.1) is 0 Å². The van der Waals surface area contributed by atoms with Gasteiger partial charge < -0.3 is 10.0 Å². The molecule has 0 aromatic carbocycles. The molecule has 2 heterocycles. The summed E-state index contributed by atoms with van der Waals surface area (Å²) in [5.41, 5.74) is 0. The molecule has 0 aromatic heterocycles. The summed E-state index contributed by atoms with van der Waals surface area (Å²) in [6.45, 7) is 0. The lowest BCUT2D eigenvalue weighted by atomic mass is 9.92. The Balaban J connectivity index is 2.14. The van der Waals surface area contributed by atoms with E-state index < -0.39 is 6.09 Å². The van der Waals surface area contributed by atoms with Gasteiger partial charge >= 0.3 is 6.09 Å². The van der Waals surface area contributed by atoms with Gasteiger partial charge in [-0.2, -0.15) is 5.26 Å². The molecule has 2 fully saturated rings. The van der Waals surface area contributed by atoms with E-state index in [1.807, 2.05) is 0 Å². The van der Waals surface area contributed by atoms with Crippen LogP contribution in [-0.4, -0.2) is 28.2 Å². The molecule has 2 saturated heterocycles. The normalized spacial score (nSPS) is 37.2. The number of amides is 1. The Labute approximate surface area is 76.8 Å². The molecule has 13 heavy (non-hydrogen) atoms. The van der Waals surface area contributed by atoms with Gasteiger partial charge in [-0.25, -0.2) is 4.79 Å². The fourth-order valence-corrected chi connectivity index (χ4v) is 2.59. The average Bonchev–Trinajstić information content (AvgIpc) is 2.37. The number of carboxylic acid groups (broad SMARTS) is 1. The van der Waals surface area contributed by atoms with Crippen molar-refractivity contribution in [1.82, 2.24) is 4.90 Å². The molecule has 2 rings (SSSR count). The standard InChI is InChI=1S/C9H12N2O2/c10-5-6-3-7-1-2-8(4-6)11(7)9(12)13/h6-8H,1-4H2,(H,12,13)/t6-,7-,8+. The Morgan fingerprint density at radius 3 is 2.31 bits per heavy atom. The van der Waals surface area contributed by atoms with E-state index in [1.54, 1.807) is 4.90 Å². The maximum Gasteiger partial charge on any atom is 0.407 e. The van der Waals surface area contributed by atoms with Crippen LogP contribution in [0.3, 0.4) is 0 Å². The number of piperidine rings is 1. The highest BCUT2D eigenvalue weighted by atomic mass is 16.4. The van der Waals surface area contributed by atoms with Gasteiger partial charge in [0, 0.05) is 12.1 Å². The van der Waals surface area contributed by atoms with E-state index in [0.717, 1.165) is 25.7 Å². The van der Waals surface area contributed by atoms with Gasteiger partial charge in [-0.05, 0) is 25.7 Å². The third-order valence-electron chi connectivity index (χ3n) is 3.14. The Bertz CT molecular complexity index is 257. The zero-order valence-corrected chi connectivity index (χ0v) is 7.31. The van der Waals surface area contributed by atoms with Crippen molar-refractivity contribution in [2.24, 2.45) is 5.92 Å². The molecule has 2 aliphatic rings. The topological polar surface area (TPSA) is 64.3 Å². The van der Waals surface area contributed by atoms with Crippen molar-refractivity contribution in [2.75, 3.05) is 0 Å². The Morgan fingerprint density at radius 1 is 1.38 bits per heavy atom. The van der Waals surface area contributed by atoms with Crippen LogP contribution >= 0.6 is 0 Å². The minimum absolute atomic E-state index is 0.0769. The van der Waals surface area contributed by atoms with Crippen molar-refractivity contribution in [1.29, 1.82) is 5.26 Å². The molecule has 4 heteroatoms. The highest BCUT2D eigenvalue weighted by Gasteiger charge is 2.43. The summed E-state index contributed by atoms with van der Waals surface area (Å²) in [4.78, 5) is 12.4. The maximum absolute atomic E-state index is 10.9. The first kappa shape index (κ1) is 8.36. The zero-order valence-electron chi connectivity index (χ0n) is 7.31. The van der Waals surface area contributed by atoms with Crippen LogP contribution in [0.2, 0.25) is 0 Å². The molecule has 70 valence electrons. The van der Waals surface area contributed by atoms with E-state index >= 15 is 0 Å². The summed E-state index contributed by atoms with van der Waals surface area (Å²) < 4.78 is 0. The lowest BCUT2D eigenvalue weighted by Crippen LogP contribution is -2.45. The second kappa shape index (κ2) is 2.91. The SMILES string of the molecule is N#C[C@@H]1C[C@H]2CC[C@@H](C1)N2C(=O)O. The largest absolute Gasteiger partial charge is 0.465 e. The van der Waals surface area contributed by atoms with Crippen LogP contribution in [0.1, 0.15) is 25.7 Å². The molecule has 0 unspecified atom stereocenters. The highest BCUT2D eigenvalue weighted by Crippen LogP contribution is 2.38. The summed E-state index contributed by atoms with van der Waals surface area (Å²) in [5, 5.41) is 17.7. The molecular weight excluding hydrogens is 168 g/mol. The number of nitrogens with zero attached hydrogens (tertiary/aromatic N) is 2. The third-order valence-corrected chi connectivity index (χ3v) is 3.14. The molecule has 0 spiro atoms. The van der Waals surface area contributed by atoms with Crippen molar-refractivity contribution in [3.8, 4) is 6.07 Å². The Kier molecular flexibility index (Phi) is 1.87. The zero-order chi connectivity index (χ0) is 9.42. The predicted octanol–water partition coefficient (Wildman–Crippen LogP) is 1.43. The smallest absolute Gasteiger partial charge is 0.407 e. The molecule has 1 N–H and O–H groups in total. The first-order chi connectivity index (χ1) is 6.22. The van der Waals surface area contributed by atoms with Crippen molar-refractivity contribution in [2.45, 2.75) is 37.8 Å². The van der Waals surface area contributed by atoms with Crippen molar-refractivity contribution in [3.05, 3.63) is 0 Å². The lowest BCUT2D eigenvalue weighted by Gasteiger charge is -2.34. The van der Waals surface area contributed by atoms with Crippen molar-refractivity contribution < 1.29 is 9.90 Å². The van der Waals surface area contributed by atoms with E-state index in [4.69, 9.17) is 10.4 Å². The summed E-state index contributed by atoms with van der Waals surface area (Å²) in [6, 6.07) is 2.47. The van der Waals surface area contributed by atoms with Crippen molar-refractivity contribution >= 4 is 6.09 Å². The van der Waals surface area contributed by atoms with Crippen LogP contribution in [0.15, 0.2) is 0 Å². The molecule has 2 bridgehead atoms. The quantitative estimate of drug-likeness (QED) is 0.613. The van der Waals surface area contributed by atoms with Crippen LogP contribution in [0.4, 0.5) is 4.79 Å². The van der Waals surface area contributed by atoms with E-state index in [-0.39, 0.29) is 18.0 Å². The monoisotopic (exact) mass is 180 g/mol. The molecule has 0 saturated carbocycles. The number of hydrogen-bond acceptors (Lipinski definition) is 2. The van der Waals surface area contributed by atoms with Crippen LogP contribution in [0.25, 0.3) is 0 Å². The van der Waals surface area contributed by atoms with Gasteiger partial charge in [0.15, 0.2) is 0 Å². The second-order valence-corrected chi connectivity index (χ2v) is 3.87. The number of fused-ring (bicyclic) bond motifs is 2. The predicted molar refractivity (Wildman–Crippen MR) is 45.0 cm³/mol. The van der Waals surface area contributed by atoms with Crippen LogP contribution in [0, 0.1) is 17.2 Å². The molecule has 0 aromatic rings. The minimum Gasteiger partial charge on any atom is -0.465 e. The fourth-order valence-electron chi connectivity index (χ4n) is 2.59. The third kappa shape index (κ3) is 1.24. The molecular formula is C9H12N2O2. The average molecular weight is 180 g/mol. The van der Waals surface area contributed by atoms with E-state index in [2.05, 4.69) is 6.07 Å². The van der Waals surface area contributed by atoms with Gasteiger partial charge in [-0.3, -0.25) is 0 Å². The number of rotatable bonds is 0. The van der Waals surface area contributed by atoms with E-state index in [9.17, 15) is 4.79 Å². The van der Waals surface area contributed by atoms with Gasteiger partial charge in [0.25, 0.3) is 0 Å². The summed E-state index contributed by atoms with van der Waals surface area (Å²) in [7, 11) is 0. The lowest BCUT2D eigenvalue weighted by molar-refractivity contribution is 0.0936. The number of nitriles is 1. The molecule has 2 aliphatic heterocycles. The fraction of sp³-hybridized carbons (Fsp3) is 0.778. The summed E-state index contributed by atoms with van der Waals surface area (Å²) >= 11 is 0. The Morgan fingerprint density at radius 2 is 1.92 bits per heavy atom. The van der Waals surface area contributed by atoms with Crippen molar-refractivity contribution in [3.63, 3.8) is 0 Å². The van der Waals surface area contributed by atoms with Crippen LogP contribution < -0.4 is 0 Å². The van der Waals surface area contributed by atoms with Gasteiger partial charge in [0.1, 0.15) is 0 Å². The first-order valence-electron chi connectivity index (χ1n) is 4.63. The summed E-state index contributed by atoms with van der Waals surface area (Å²) in [6.07, 6.45) is 2.53. The van der Waals surface area contributed by atoms with Gasteiger partial charge in [-0.1, -0.05) is 0 Å². The van der Waals surface area contributed by atoms with Gasteiger partial charge in [0.2, 0.25) is 0 Å². The molecule has 1 amide bonds. The summed E-state index contributed by atoms with van der Waals surface area (Å²) in [5.74, 6) is 0.0769. The second-order valence-electron chi connectivity index (χ2n) is 3.87. The Hall–Kier alpha value is -1.24. The van der Waals surface area contributed by atoms with Crippen LogP contribution in [0.5, 0.6) is 0 Å². The molecule has 0 radical (unpaired) electrons. The molecule has 0 aliphatic carbocycles. The first-order valence-corrected chi connectivity index (χ1v) is 4.63. The minimum atomic E-state index is -0.816. The van der Waals surface area contributed by atoms with Crippen LogP contribution in [-0.2, 0) is 0 Å². The van der Waals surface area contributed by atoms with E-state index in [0.29, 0.717) is 0 Å². The van der Waals surface area contributed by atoms with Gasteiger partial charge in [0.05, 0.1) is 12.0 Å². The highest BCUT2D eigenvalue weighted by molar-refractivity contribution is 5.66. The maximum atomic E-state index is 10.9. The number of carbonyl (C=O) groups is 1. The number of hydrogen-bond donors (Lipinski definition) is 1. The molecule has 3 atom stereocenters.